The van der Waals surface area contributed by atoms with Crippen molar-refractivity contribution in [3.05, 3.63) is 149 Å². The Morgan fingerprint density at radius 3 is 1.65 bits per heavy atom. The summed E-state index contributed by atoms with van der Waals surface area (Å²) in [4.78, 5) is 8.03. The van der Waals surface area contributed by atoms with Gasteiger partial charge in [-0.2, -0.15) is 0 Å². The molecule has 63 heavy (non-hydrogen) atoms. The molecule has 6 aromatic carbocycles. The second-order valence-corrected chi connectivity index (χ2v) is 24.0. The van der Waals surface area contributed by atoms with Crippen molar-refractivity contribution >= 4 is 68.6 Å². The number of hydrogen-bond acceptors (Lipinski definition) is 3. The minimum atomic E-state index is -0.0760. The van der Waals surface area contributed by atoms with Crippen molar-refractivity contribution in [3.8, 4) is 0 Å². The highest BCUT2D eigenvalue weighted by atomic mass is 15.3. The van der Waals surface area contributed by atoms with Gasteiger partial charge in [0.25, 0.3) is 6.71 Å². The van der Waals surface area contributed by atoms with Gasteiger partial charge in [-0.05, 0) is 140 Å². The summed E-state index contributed by atoms with van der Waals surface area (Å²) in [6, 6.07) is 48.1. The van der Waals surface area contributed by atoms with Crippen LogP contribution in [0.2, 0.25) is 0 Å². The second kappa shape index (κ2) is 13.6. The molecule has 4 heteroatoms. The van der Waals surface area contributed by atoms with E-state index in [-0.39, 0.29) is 39.3 Å². The van der Waals surface area contributed by atoms with Crippen LogP contribution >= 0.6 is 0 Å². The van der Waals surface area contributed by atoms with Gasteiger partial charge in [0.05, 0.1) is 5.54 Å². The standard InChI is InChI=1S/C59H68BN3/c1-54(2,3)38-23-27-42(28-24-38)61-49-30-26-40(56(7,8)9)34-47(49)60-46-29-25-41(57(10,11)12)35-50(46)62(43-20-17-19-39(33-43)55(4,5)6)52-37-44(36-51(61)53(52)60)63-48-22-16-15-21-45(48)58(13)31-18-32-59(58,63)14/h15-17,19-30,33-37H,18,31-32H2,1-14H3. The number of para-hydroxylation sites is 1. The van der Waals surface area contributed by atoms with E-state index in [2.05, 4.69) is 233 Å². The minimum Gasteiger partial charge on any atom is -0.334 e. The first kappa shape index (κ1) is 41.8. The monoisotopic (exact) mass is 830 g/mol. The predicted octanol–water partition coefficient (Wildman–Crippen LogP) is 14.3. The molecule has 322 valence electrons. The molecule has 10 rings (SSSR count). The molecule has 3 heterocycles. The Bertz CT molecular complexity index is 2810. The fourth-order valence-corrected chi connectivity index (χ4v) is 11.8. The number of hydrogen-bond donors (Lipinski definition) is 0. The number of fused-ring (bicyclic) bond motifs is 7. The Labute approximate surface area is 379 Å². The van der Waals surface area contributed by atoms with Crippen LogP contribution in [0, 0.1) is 0 Å². The fraction of sp³-hybridized carbons (Fsp3) is 0.390. The lowest BCUT2D eigenvalue weighted by atomic mass is 9.33. The molecule has 1 aliphatic carbocycles. The van der Waals surface area contributed by atoms with Gasteiger partial charge in [-0.3, -0.25) is 0 Å². The van der Waals surface area contributed by atoms with Crippen molar-refractivity contribution in [1.82, 2.24) is 0 Å². The van der Waals surface area contributed by atoms with E-state index in [1.54, 1.807) is 0 Å². The van der Waals surface area contributed by atoms with E-state index in [1.807, 2.05) is 0 Å². The molecule has 0 radical (unpaired) electrons. The molecule has 2 unspecified atom stereocenters. The molecule has 1 saturated carbocycles. The number of rotatable bonds is 3. The van der Waals surface area contributed by atoms with E-state index in [1.165, 1.54) is 103 Å². The lowest BCUT2D eigenvalue weighted by Crippen LogP contribution is -2.61. The van der Waals surface area contributed by atoms with E-state index in [9.17, 15) is 0 Å². The third-order valence-corrected chi connectivity index (χ3v) is 15.8. The molecule has 0 spiro atoms. The van der Waals surface area contributed by atoms with Gasteiger partial charge in [0, 0.05) is 50.9 Å². The van der Waals surface area contributed by atoms with Crippen LogP contribution < -0.4 is 31.1 Å². The molecule has 0 saturated heterocycles. The third kappa shape index (κ3) is 6.28. The normalized spacial score (nSPS) is 20.3. The Morgan fingerprint density at radius 1 is 0.429 bits per heavy atom. The largest absolute Gasteiger partial charge is 0.334 e. The maximum atomic E-state index is 2.77. The van der Waals surface area contributed by atoms with E-state index < -0.39 is 0 Å². The maximum absolute atomic E-state index is 2.77. The van der Waals surface area contributed by atoms with Crippen LogP contribution in [0.4, 0.5) is 45.5 Å². The van der Waals surface area contributed by atoms with Crippen molar-refractivity contribution in [2.75, 3.05) is 14.7 Å². The molecule has 6 aromatic rings. The summed E-state index contributed by atoms with van der Waals surface area (Å²) < 4.78 is 0. The van der Waals surface area contributed by atoms with E-state index >= 15 is 0 Å². The van der Waals surface area contributed by atoms with Gasteiger partial charge in [0.15, 0.2) is 0 Å². The third-order valence-electron chi connectivity index (χ3n) is 15.8. The molecule has 0 aromatic heterocycles. The van der Waals surface area contributed by atoms with Crippen LogP contribution in [0.5, 0.6) is 0 Å². The van der Waals surface area contributed by atoms with Gasteiger partial charge >= 0.3 is 0 Å². The average molecular weight is 830 g/mol. The van der Waals surface area contributed by atoms with Gasteiger partial charge in [-0.25, -0.2) is 0 Å². The van der Waals surface area contributed by atoms with Gasteiger partial charge < -0.3 is 14.7 Å². The first-order valence-corrected chi connectivity index (χ1v) is 23.7. The van der Waals surface area contributed by atoms with Crippen LogP contribution in [-0.4, -0.2) is 12.3 Å². The molecule has 1 fully saturated rings. The summed E-state index contributed by atoms with van der Waals surface area (Å²) >= 11 is 0. The van der Waals surface area contributed by atoms with Crippen molar-refractivity contribution in [1.29, 1.82) is 0 Å². The average Bonchev–Trinajstić information content (AvgIpc) is 3.62. The highest BCUT2D eigenvalue weighted by Crippen LogP contribution is 2.63. The molecule has 0 bridgehead atoms. The molecule has 3 nitrogen and oxygen atoms in total. The Balaban J connectivity index is 1.35. The van der Waals surface area contributed by atoms with Crippen LogP contribution in [0.15, 0.2) is 121 Å². The molecule has 0 amide bonds. The molecular formula is C59H68BN3. The minimum absolute atomic E-state index is 0.00913. The van der Waals surface area contributed by atoms with Crippen LogP contribution in [0.3, 0.4) is 0 Å². The molecular weight excluding hydrogens is 761 g/mol. The van der Waals surface area contributed by atoms with Crippen LogP contribution in [0.1, 0.15) is 144 Å². The number of nitrogens with zero attached hydrogens (tertiary/aromatic N) is 3. The summed E-state index contributed by atoms with van der Waals surface area (Å²) in [5.41, 5.74) is 21.1. The zero-order valence-electron chi connectivity index (χ0n) is 40.6. The summed E-state index contributed by atoms with van der Waals surface area (Å²) in [6.07, 6.45) is 3.57. The summed E-state index contributed by atoms with van der Waals surface area (Å²) in [7, 11) is 0. The van der Waals surface area contributed by atoms with Crippen molar-refractivity contribution in [3.63, 3.8) is 0 Å². The summed E-state index contributed by atoms with van der Waals surface area (Å²) in [5.74, 6) is 0. The zero-order valence-corrected chi connectivity index (χ0v) is 40.6. The molecule has 3 aliphatic heterocycles. The second-order valence-electron chi connectivity index (χ2n) is 24.0. The Morgan fingerprint density at radius 2 is 1.00 bits per heavy atom. The topological polar surface area (TPSA) is 9.72 Å². The number of benzene rings is 6. The Hall–Kier alpha value is -5.22. The SMILES string of the molecule is CC(C)(C)c1ccc(N2c3ccc(C(C)(C)C)cc3B3c4ccc(C(C)(C)C)cc4N(c4cccc(C(C)(C)C)c4)c4cc(N5c6ccccc6C6(C)CCCC56C)cc2c43)cc1. The quantitative estimate of drug-likeness (QED) is 0.164. The van der Waals surface area contributed by atoms with Crippen molar-refractivity contribution in [2.45, 2.75) is 149 Å². The first-order chi connectivity index (χ1) is 29.5. The first-order valence-electron chi connectivity index (χ1n) is 23.7. The van der Waals surface area contributed by atoms with Crippen molar-refractivity contribution in [2.24, 2.45) is 0 Å². The molecule has 4 aliphatic rings. The van der Waals surface area contributed by atoms with Gasteiger partial charge in [0.2, 0.25) is 0 Å². The van der Waals surface area contributed by atoms with Gasteiger partial charge in [0.1, 0.15) is 0 Å². The number of anilines is 8. The van der Waals surface area contributed by atoms with Crippen LogP contribution in [0.25, 0.3) is 0 Å². The lowest BCUT2D eigenvalue weighted by Gasteiger charge is -2.47. The maximum Gasteiger partial charge on any atom is 0.252 e. The molecule has 0 N–H and O–H groups in total. The van der Waals surface area contributed by atoms with E-state index in [0.717, 1.165) is 6.42 Å². The summed E-state index contributed by atoms with van der Waals surface area (Å²) in [6.45, 7) is 33.2. The van der Waals surface area contributed by atoms with Gasteiger partial charge in [-0.15, -0.1) is 0 Å². The van der Waals surface area contributed by atoms with E-state index in [4.69, 9.17) is 0 Å². The zero-order chi connectivity index (χ0) is 44.8. The smallest absolute Gasteiger partial charge is 0.252 e. The predicted molar refractivity (Wildman–Crippen MR) is 273 cm³/mol. The van der Waals surface area contributed by atoms with Crippen molar-refractivity contribution < 1.29 is 0 Å². The van der Waals surface area contributed by atoms with Gasteiger partial charge in [-0.1, -0.05) is 163 Å². The highest BCUT2D eigenvalue weighted by Gasteiger charge is 2.59. The van der Waals surface area contributed by atoms with Crippen LogP contribution in [-0.2, 0) is 27.1 Å². The molecule has 2 atom stereocenters. The Kier molecular flexibility index (Phi) is 9.05. The van der Waals surface area contributed by atoms with E-state index in [0.29, 0.717) is 0 Å². The fourth-order valence-electron chi connectivity index (χ4n) is 11.8. The highest BCUT2D eigenvalue weighted by molar-refractivity contribution is 7.00. The summed E-state index contributed by atoms with van der Waals surface area (Å²) in [5, 5.41) is 0. The lowest BCUT2D eigenvalue weighted by molar-refractivity contribution is 0.330.